The zero-order chi connectivity index (χ0) is 17.4. The van der Waals surface area contributed by atoms with E-state index in [0.29, 0.717) is 37.2 Å². The summed E-state index contributed by atoms with van der Waals surface area (Å²) >= 11 is 0. The first-order chi connectivity index (χ1) is 12.1. The number of aromatic nitrogens is 3. The van der Waals surface area contributed by atoms with Crippen LogP contribution in [0.4, 0.5) is 0 Å². The normalized spacial score (nSPS) is 20.8. The Morgan fingerprint density at radius 2 is 2.08 bits per heavy atom. The average molecular weight is 346 g/mol. The Kier molecular flexibility index (Phi) is 4.29. The van der Waals surface area contributed by atoms with Gasteiger partial charge in [-0.25, -0.2) is 0 Å². The zero-order valence-electron chi connectivity index (χ0n) is 14.5. The van der Waals surface area contributed by atoms with Crippen LogP contribution < -0.4 is 0 Å². The molecule has 1 saturated heterocycles. The Hall–Kier alpha value is -2.22. The molecule has 1 atom stereocenters. The first kappa shape index (κ1) is 16.3. The lowest BCUT2D eigenvalue weighted by atomic mass is 9.96. The first-order valence-corrected chi connectivity index (χ1v) is 8.84. The molecule has 2 aliphatic rings. The standard InChI is InChI=1S/C17H22N4O4/c1-10(2)15-18-19-16(24-15)12-9-23-8-7-21(12)17(22)14-11-5-3-4-6-13(11)25-20-14/h10,12H,3-9H2,1-2H3/t12-/m1/s1. The van der Waals surface area contributed by atoms with Gasteiger partial charge in [0.25, 0.3) is 5.91 Å². The summed E-state index contributed by atoms with van der Waals surface area (Å²) in [5.41, 5.74) is 1.38. The predicted molar refractivity (Wildman–Crippen MR) is 86.1 cm³/mol. The fraction of sp³-hybridized carbons (Fsp3) is 0.647. The Morgan fingerprint density at radius 3 is 2.88 bits per heavy atom. The molecule has 0 unspecified atom stereocenters. The summed E-state index contributed by atoms with van der Waals surface area (Å²) < 4.78 is 16.7. The largest absolute Gasteiger partial charge is 0.423 e. The van der Waals surface area contributed by atoms with Crippen molar-refractivity contribution in [2.24, 2.45) is 0 Å². The SMILES string of the molecule is CC(C)c1nnc([C@H]2COCCN2C(=O)c2noc3c2CCCC3)o1. The van der Waals surface area contributed by atoms with E-state index in [-0.39, 0.29) is 11.8 Å². The molecule has 0 N–H and O–H groups in total. The second-order valence-electron chi connectivity index (χ2n) is 6.86. The first-order valence-electron chi connectivity index (χ1n) is 8.84. The molecular formula is C17H22N4O4. The maximum absolute atomic E-state index is 13.1. The molecular weight excluding hydrogens is 324 g/mol. The maximum Gasteiger partial charge on any atom is 0.277 e. The van der Waals surface area contributed by atoms with Crippen LogP contribution in [-0.4, -0.2) is 45.9 Å². The molecule has 1 aliphatic carbocycles. The highest BCUT2D eigenvalue weighted by molar-refractivity contribution is 5.94. The zero-order valence-corrected chi connectivity index (χ0v) is 14.5. The highest BCUT2D eigenvalue weighted by atomic mass is 16.5. The van der Waals surface area contributed by atoms with E-state index in [0.717, 1.165) is 37.0 Å². The average Bonchev–Trinajstić information content (AvgIpc) is 3.28. The summed E-state index contributed by atoms with van der Waals surface area (Å²) in [5.74, 6) is 1.81. The Labute approximate surface area is 145 Å². The highest BCUT2D eigenvalue weighted by Gasteiger charge is 2.36. The van der Waals surface area contributed by atoms with E-state index >= 15 is 0 Å². The third-order valence-electron chi connectivity index (χ3n) is 4.78. The van der Waals surface area contributed by atoms with E-state index in [2.05, 4.69) is 15.4 Å². The lowest BCUT2D eigenvalue weighted by molar-refractivity contribution is -0.0113. The Bertz CT molecular complexity index is 767. The van der Waals surface area contributed by atoms with Crippen molar-refractivity contribution in [1.29, 1.82) is 0 Å². The number of amides is 1. The molecule has 1 amide bonds. The number of nitrogens with zero attached hydrogens (tertiary/aromatic N) is 4. The van der Waals surface area contributed by atoms with Crippen molar-refractivity contribution in [3.8, 4) is 0 Å². The minimum Gasteiger partial charge on any atom is -0.423 e. The molecule has 8 heteroatoms. The number of aryl methyl sites for hydroxylation is 1. The lowest BCUT2D eigenvalue weighted by Gasteiger charge is -2.33. The van der Waals surface area contributed by atoms with Gasteiger partial charge in [0.05, 0.1) is 13.2 Å². The van der Waals surface area contributed by atoms with Crippen LogP contribution >= 0.6 is 0 Å². The summed E-state index contributed by atoms with van der Waals surface area (Å²) in [5, 5.41) is 12.3. The van der Waals surface area contributed by atoms with Crippen molar-refractivity contribution >= 4 is 5.91 Å². The van der Waals surface area contributed by atoms with Crippen molar-refractivity contribution in [2.75, 3.05) is 19.8 Å². The van der Waals surface area contributed by atoms with Gasteiger partial charge in [-0.2, -0.15) is 0 Å². The molecule has 25 heavy (non-hydrogen) atoms. The smallest absolute Gasteiger partial charge is 0.277 e. The van der Waals surface area contributed by atoms with Crippen molar-refractivity contribution in [2.45, 2.75) is 51.5 Å². The molecule has 8 nitrogen and oxygen atoms in total. The van der Waals surface area contributed by atoms with Crippen LogP contribution in [0.15, 0.2) is 8.94 Å². The fourth-order valence-electron chi connectivity index (χ4n) is 3.35. The van der Waals surface area contributed by atoms with Crippen LogP contribution in [0, 0.1) is 0 Å². The van der Waals surface area contributed by atoms with E-state index in [9.17, 15) is 4.79 Å². The van der Waals surface area contributed by atoms with E-state index in [1.165, 1.54) is 0 Å². The van der Waals surface area contributed by atoms with E-state index in [1.54, 1.807) is 4.90 Å². The van der Waals surface area contributed by atoms with Gasteiger partial charge in [0.2, 0.25) is 11.8 Å². The maximum atomic E-state index is 13.1. The molecule has 0 radical (unpaired) electrons. The van der Waals surface area contributed by atoms with Crippen molar-refractivity contribution in [3.05, 3.63) is 28.8 Å². The molecule has 0 bridgehead atoms. The molecule has 0 aromatic carbocycles. The number of ether oxygens (including phenoxy) is 1. The minimum atomic E-state index is -0.391. The van der Waals surface area contributed by atoms with E-state index in [4.69, 9.17) is 13.7 Å². The molecule has 3 heterocycles. The molecule has 1 aliphatic heterocycles. The van der Waals surface area contributed by atoms with Gasteiger partial charge in [0, 0.05) is 24.4 Å². The molecule has 0 spiro atoms. The highest BCUT2D eigenvalue weighted by Crippen LogP contribution is 2.30. The van der Waals surface area contributed by atoms with Crippen LogP contribution in [0.2, 0.25) is 0 Å². The molecule has 2 aromatic heterocycles. The summed E-state index contributed by atoms with van der Waals surface area (Å²) in [4.78, 5) is 14.8. The Morgan fingerprint density at radius 1 is 1.24 bits per heavy atom. The lowest BCUT2D eigenvalue weighted by Crippen LogP contribution is -2.44. The van der Waals surface area contributed by atoms with Gasteiger partial charge in [-0.15, -0.1) is 10.2 Å². The van der Waals surface area contributed by atoms with Crippen LogP contribution in [0.1, 0.15) is 72.2 Å². The van der Waals surface area contributed by atoms with E-state index < -0.39 is 6.04 Å². The van der Waals surface area contributed by atoms with Gasteiger partial charge >= 0.3 is 0 Å². The number of carbonyl (C=O) groups excluding carboxylic acids is 1. The van der Waals surface area contributed by atoms with Crippen molar-refractivity contribution in [1.82, 2.24) is 20.3 Å². The number of hydrogen-bond acceptors (Lipinski definition) is 7. The Balaban J connectivity index is 1.62. The molecule has 4 rings (SSSR count). The van der Waals surface area contributed by atoms with Crippen LogP contribution in [0.5, 0.6) is 0 Å². The van der Waals surface area contributed by atoms with Crippen molar-refractivity contribution in [3.63, 3.8) is 0 Å². The van der Waals surface area contributed by atoms with Gasteiger partial charge in [0.15, 0.2) is 5.69 Å². The van der Waals surface area contributed by atoms with E-state index in [1.807, 2.05) is 13.8 Å². The predicted octanol–water partition coefficient (Wildman–Crippen LogP) is 2.27. The quantitative estimate of drug-likeness (QED) is 0.841. The second kappa shape index (κ2) is 6.59. The third-order valence-corrected chi connectivity index (χ3v) is 4.78. The molecule has 1 fully saturated rings. The van der Waals surface area contributed by atoms with Gasteiger partial charge in [-0.3, -0.25) is 4.79 Å². The minimum absolute atomic E-state index is 0.137. The van der Waals surface area contributed by atoms with Crippen LogP contribution in [0.25, 0.3) is 0 Å². The summed E-state index contributed by atoms with van der Waals surface area (Å²) in [6.07, 6.45) is 3.83. The monoisotopic (exact) mass is 346 g/mol. The van der Waals surface area contributed by atoms with Crippen LogP contribution in [-0.2, 0) is 17.6 Å². The number of carbonyl (C=O) groups is 1. The number of rotatable bonds is 3. The fourth-order valence-corrected chi connectivity index (χ4v) is 3.35. The summed E-state index contributed by atoms with van der Waals surface area (Å²) in [7, 11) is 0. The third kappa shape index (κ3) is 2.95. The van der Waals surface area contributed by atoms with Gasteiger partial charge < -0.3 is 18.6 Å². The number of hydrogen-bond donors (Lipinski definition) is 0. The molecule has 0 saturated carbocycles. The molecule has 134 valence electrons. The van der Waals surface area contributed by atoms with Gasteiger partial charge in [0.1, 0.15) is 11.8 Å². The van der Waals surface area contributed by atoms with Crippen molar-refractivity contribution < 1.29 is 18.5 Å². The summed E-state index contributed by atoms with van der Waals surface area (Å²) in [6.45, 7) is 5.25. The van der Waals surface area contributed by atoms with Gasteiger partial charge in [-0.05, 0) is 19.3 Å². The molecule has 2 aromatic rings. The van der Waals surface area contributed by atoms with Gasteiger partial charge in [-0.1, -0.05) is 19.0 Å². The number of fused-ring (bicyclic) bond motifs is 1. The van der Waals surface area contributed by atoms with Crippen LogP contribution in [0.3, 0.4) is 0 Å². The topological polar surface area (TPSA) is 94.5 Å². The second-order valence-corrected chi connectivity index (χ2v) is 6.86. The summed E-state index contributed by atoms with van der Waals surface area (Å²) in [6, 6.07) is -0.391. The number of morpholine rings is 1.